The third-order valence-corrected chi connectivity index (χ3v) is 3.58. The number of rotatable bonds is 2. The number of hydrogen-bond donors (Lipinski definition) is 1. The van der Waals surface area contributed by atoms with Crippen molar-refractivity contribution in [2.24, 2.45) is 0 Å². The molecule has 0 saturated carbocycles. The van der Waals surface area contributed by atoms with Gasteiger partial charge in [0.05, 0.1) is 11.4 Å². The Morgan fingerprint density at radius 1 is 1.05 bits per heavy atom. The Kier molecular flexibility index (Phi) is 3.07. The van der Waals surface area contributed by atoms with Crippen LogP contribution in [0, 0.1) is 6.92 Å². The summed E-state index contributed by atoms with van der Waals surface area (Å²) in [5, 5.41) is 3.37. The molecule has 3 nitrogen and oxygen atoms in total. The highest BCUT2D eigenvalue weighted by atomic mass is 15.0. The van der Waals surface area contributed by atoms with Crippen molar-refractivity contribution < 1.29 is 0 Å². The molecule has 1 aromatic heterocycles. The molecule has 2 heterocycles. The zero-order valence-corrected chi connectivity index (χ0v) is 11.7. The molecule has 0 atom stereocenters. The molecule has 0 saturated heterocycles. The third-order valence-electron chi connectivity index (χ3n) is 3.58. The van der Waals surface area contributed by atoms with Gasteiger partial charge in [0.2, 0.25) is 0 Å². The average molecular weight is 253 g/mol. The van der Waals surface area contributed by atoms with E-state index < -0.39 is 0 Å². The number of fused-ring (bicyclic) bond motifs is 1. The Morgan fingerprint density at radius 2 is 1.79 bits per heavy atom. The first-order valence-corrected chi connectivity index (χ1v) is 6.82. The summed E-state index contributed by atoms with van der Waals surface area (Å²) in [6, 6.07) is 8.42. The Balaban J connectivity index is 2.12. The molecule has 1 aromatic carbocycles. The highest BCUT2D eigenvalue weighted by Crippen LogP contribution is 2.26. The molecule has 3 rings (SSSR count). The Morgan fingerprint density at radius 3 is 2.47 bits per heavy atom. The maximum absolute atomic E-state index is 4.79. The van der Waals surface area contributed by atoms with Crippen molar-refractivity contribution in [3.8, 4) is 11.4 Å². The zero-order chi connectivity index (χ0) is 13.4. The summed E-state index contributed by atoms with van der Waals surface area (Å²) in [5.74, 6) is 1.28. The van der Waals surface area contributed by atoms with E-state index in [9.17, 15) is 0 Å². The summed E-state index contributed by atoms with van der Waals surface area (Å²) in [6.07, 6.45) is 0. The van der Waals surface area contributed by atoms with Gasteiger partial charge < -0.3 is 5.32 Å². The van der Waals surface area contributed by atoms with Crippen LogP contribution in [0.1, 0.15) is 42.3 Å². The van der Waals surface area contributed by atoms with Gasteiger partial charge in [-0.2, -0.15) is 0 Å². The van der Waals surface area contributed by atoms with Crippen LogP contribution < -0.4 is 5.32 Å². The van der Waals surface area contributed by atoms with Crippen molar-refractivity contribution in [3.05, 3.63) is 46.8 Å². The molecule has 1 aliphatic heterocycles. The molecule has 0 aliphatic carbocycles. The molecule has 1 N–H and O–H groups in total. The van der Waals surface area contributed by atoms with Gasteiger partial charge in [0.15, 0.2) is 5.82 Å². The first-order chi connectivity index (χ1) is 9.15. The van der Waals surface area contributed by atoms with E-state index in [1.54, 1.807) is 0 Å². The van der Waals surface area contributed by atoms with Crippen LogP contribution in [0.25, 0.3) is 11.4 Å². The van der Waals surface area contributed by atoms with Crippen molar-refractivity contribution in [2.75, 3.05) is 0 Å². The molecule has 0 amide bonds. The Labute approximate surface area is 114 Å². The number of nitrogens with one attached hydrogen (secondary N) is 1. The monoisotopic (exact) mass is 253 g/mol. The summed E-state index contributed by atoms with van der Waals surface area (Å²) in [5.41, 5.74) is 6.00. The number of hydrogen-bond acceptors (Lipinski definition) is 3. The first-order valence-electron chi connectivity index (χ1n) is 6.82. The van der Waals surface area contributed by atoms with Crippen LogP contribution in [0.15, 0.2) is 24.3 Å². The SMILES string of the molecule is Cc1ccc(-c2nc3c(c(C(C)C)n2)CNC3)cc1. The fraction of sp³-hybridized carbons (Fsp3) is 0.375. The molecule has 0 fully saturated rings. The fourth-order valence-electron chi connectivity index (χ4n) is 2.50. The second-order valence-corrected chi connectivity index (χ2v) is 5.48. The lowest BCUT2D eigenvalue weighted by Crippen LogP contribution is -2.05. The number of nitrogens with zero attached hydrogens (tertiary/aromatic N) is 2. The Hall–Kier alpha value is -1.74. The van der Waals surface area contributed by atoms with Crippen molar-refractivity contribution in [1.29, 1.82) is 0 Å². The predicted octanol–water partition coefficient (Wildman–Crippen LogP) is 3.18. The van der Waals surface area contributed by atoms with Gasteiger partial charge in [-0.15, -0.1) is 0 Å². The van der Waals surface area contributed by atoms with Crippen molar-refractivity contribution in [1.82, 2.24) is 15.3 Å². The minimum absolute atomic E-state index is 0.431. The van der Waals surface area contributed by atoms with Crippen LogP contribution >= 0.6 is 0 Å². The van der Waals surface area contributed by atoms with Crippen molar-refractivity contribution >= 4 is 0 Å². The molecule has 0 radical (unpaired) electrons. The van der Waals surface area contributed by atoms with Crippen LogP contribution in [0.3, 0.4) is 0 Å². The minimum Gasteiger partial charge on any atom is -0.307 e. The molecular formula is C16H19N3. The van der Waals surface area contributed by atoms with E-state index >= 15 is 0 Å². The first kappa shape index (κ1) is 12.3. The Bertz CT molecular complexity index is 600. The minimum atomic E-state index is 0.431. The molecule has 0 unspecified atom stereocenters. The quantitative estimate of drug-likeness (QED) is 0.893. The van der Waals surface area contributed by atoms with Gasteiger partial charge in [-0.3, -0.25) is 0 Å². The van der Waals surface area contributed by atoms with Gasteiger partial charge in [-0.05, 0) is 12.8 Å². The molecule has 2 aromatic rings. The second kappa shape index (κ2) is 4.74. The lowest BCUT2D eigenvalue weighted by atomic mass is 10.0. The average Bonchev–Trinajstić information content (AvgIpc) is 2.86. The van der Waals surface area contributed by atoms with Gasteiger partial charge in [0.1, 0.15) is 0 Å². The van der Waals surface area contributed by atoms with Crippen molar-refractivity contribution in [3.63, 3.8) is 0 Å². The number of aryl methyl sites for hydroxylation is 1. The van der Waals surface area contributed by atoms with Crippen LogP contribution in [0.2, 0.25) is 0 Å². The lowest BCUT2D eigenvalue weighted by molar-refractivity contribution is 0.746. The van der Waals surface area contributed by atoms with Crippen LogP contribution in [-0.4, -0.2) is 9.97 Å². The maximum Gasteiger partial charge on any atom is 0.159 e. The fourth-order valence-corrected chi connectivity index (χ4v) is 2.50. The van der Waals surface area contributed by atoms with E-state index in [2.05, 4.69) is 50.4 Å². The summed E-state index contributed by atoms with van der Waals surface area (Å²) in [7, 11) is 0. The number of aromatic nitrogens is 2. The van der Waals surface area contributed by atoms with E-state index in [-0.39, 0.29) is 0 Å². The smallest absolute Gasteiger partial charge is 0.159 e. The van der Waals surface area contributed by atoms with Crippen LogP contribution in [0.5, 0.6) is 0 Å². The second-order valence-electron chi connectivity index (χ2n) is 5.48. The molecule has 3 heteroatoms. The highest BCUT2D eigenvalue weighted by Gasteiger charge is 2.20. The van der Waals surface area contributed by atoms with Gasteiger partial charge in [-0.1, -0.05) is 43.7 Å². The zero-order valence-electron chi connectivity index (χ0n) is 11.7. The van der Waals surface area contributed by atoms with Crippen LogP contribution in [0.4, 0.5) is 0 Å². The van der Waals surface area contributed by atoms with E-state index in [0.29, 0.717) is 5.92 Å². The van der Waals surface area contributed by atoms with Gasteiger partial charge in [-0.25, -0.2) is 9.97 Å². The maximum atomic E-state index is 4.79. The molecule has 1 aliphatic rings. The molecule has 98 valence electrons. The summed E-state index contributed by atoms with van der Waals surface area (Å²) in [4.78, 5) is 9.52. The summed E-state index contributed by atoms with van der Waals surface area (Å²) in [6.45, 7) is 8.24. The number of benzene rings is 1. The largest absolute Gasteiger partial charge is 0.307 e. The van der Waals surface area contributed by atoms with Crippen molar-refractivity contribution in [2.45, 2.75) is 39.8 Å². The summed E-state index contributed by atoms with van der Waals surface area (Å²) >= 11 is 0. The van der Waals surface area contributed by atoms with Gasteiger partial charge in [0.25, 0.3) is 0 Å². The third kappa shape index (κ3) is 2.26. The lowest BCUT2D eigenvalue weighted by Gasteiger charge is -2.12. The normalized spacial score (nSPS) is 13.9. The molecule has 19 heavy (non-hydrogen) atoms. The molecular weight excluding hydrogens is 234 g/mol. The van der Waals surface area contributed by atoms with Gasteiger partial charge >= 0.3 is 0 Å². The molecule has 0 bridgehead atoms. The van der Waals surface area contributed by atoms with E-state index in [0.717, 1.165) is 30.2 Å². The highest BCUT2D eigenvalue weighted by molar-refractivity contribution is 5.56. The van der Waals surface area contributed by atoms with E-state index in [4.69, 9.17) is 9.97 Å². The standard InChI is InChI=1S/C16H19N3/c1-10(2)15-13-8-17-9-14(13)18-16(19-15)12-6-4-11(3)5-7-12/h4-7,10,17H,8-9H2,1-3H3. The van der Waals surface area contributed by atoms with Gasteiger partial charge in [0, 0.05) is 24.2 Å². The summed E-state index contributed by atoms with van der Waals surface area (Å²) < 4.78 is 0. The molecule has 0 spiro atoms. The van der Waals surface area contributed by atoms with Crippen LogP contribution in [-0.2, 0) is 13.1 Å². The predicted molar refractivity (Wildman–Crippen MR) is 76.8 cm³/mol. The van der Waals surface area contributed by atoms with E-state index in [1.165, 1.54) is 16.8 Å². The van der Waals surface area contributed by atoms with E-state index in [1.807, 2.05) is 0 Å². The topological polar surface area (TPSA) is 37.8 Å².